The first-order valence-electron chi connectivity index (χ1n) is 7.47. The SMILES string of the molecule is CC#CCNC(C)c1cc(F)ccc1N1CCC(O)CC1. The fourth-order valence-corrected chi connectivity index (χ4v) is 2.67. The van der Waals surface area contributed by atoms with Crippen LogP contribution < -0.4 is 10.2 Å². The second-order valence-corrected chi connectivity index (χ2v) is 5.45. The zero-order valence-corrected chi connectivity index (χ0v) is 12.7. The molecule has 2 N–H and O–H groups in total. The van der Waals surface area contributed by atoms with Crippen LogP contribution in [0.1, 0.15) is 38.3 Å². The summed E-state index contributed by atoms with van der Waals surface area (Å²) in [7, 11) is 0. The zero-order chi connectivity index (χ0) is 15.2. The summed E-state index contributed by atoms with van der Waals surface area (Å²) in [5.41, 5.74) is 2.00. The van der Waals surface area contributed by atoms with Crippen LogP contribution in [0.3, 0.4) is 0 Å². The predicted molar refractivity (Wildman–Crippen MR) is 83.7 cm³/mol. The van der Waals surface area contributed by atoms with Gasteiger partial charge in [0.05, 0.1) is 12.6 Å². The number of halogens is 1. The van der Waals surface area contributed by atoms with E-state index >= 15 is 0 Å². The van der Waals surface area contributed by atoms with Gasteiger partial charge in [0.25, 0.3) is 0 Å². The third-order valence-electron chi connectivity index (χ3n) is 3.93. The molecule has 1 unspecified atom stereocenters. The van der Waals surface area contributed by atoms with Crippen LogP contribution in [0.15, 0.2) is 18.2 Å². The highest BCUT2D eigenvalue weighted by molar-refractivity contribution is 5.55. The molecule has 1 aliphatic heterocycles. The van der Waals surface area contributed by atoms with Crippen molar-refractivity contribution >= 4 is 5.69 Å². The van der Waals surface area contributed by atoms with Gasteiger partial charge in [0.1, 0.15) is 5.82 Å². The van der Waals surface area contributed by atoms with Crippen molar-refractivity contribution in [3.05, 3.63) is 29.6 Å². The average molecular weight is 290 g/mol. The number of piperidine rings is 1. The van der Waals surface area contributed by atoms with Crippen LogP contribution in [0.4, 0.5) is 10.1 Å². The molecule has 1 aliphatic rings. The zero-order valence-electron chi connectivity index (χ0n) is 12.7. The Morgan fingerprint density at radius 1 is 1.43 bits per heavy atom. The maximum absolute atomic E-state index is 13.6. The quantitative estimate of drug-likeness (QED) is 0.836. The number of rotatable bonds is 4. The summed E-state index contributed by atoms with van der Waals surface area (Å²) in [6, 6.07) is 4.97. The van der Waals surface area contributed by atoms with Crippen molar-refractivity contribution in [2.24, 2.45) is 0 Å². The molecule has 1 aromatic rings. The van der Waals surface area contributed by atoms with Gasteiger partial charge < -0.3 is 10.0 Å². The van der Waals surface area contributed by atoms with Gasteiger partial charge in [-0.15, -0.1) is 5.92 Å². The smallest absolute Gasteiger partial charge is 0.123 e. The average Bonchev–Trinajstić information content (AvgIpc) is 2.48. The standard InChI is InChI=1S/C17H23FN2O/c1-3-4-9-19-13(2)16-12-14(18)5-6-17(16)20-10-7-15(21)8-11-20/h5-6,12-13,15,19,21H,7-11H2,1-2H3. The number of anilines is 1. The molecule has 4 heteroatoms. The minimum absolute atomic E-state index is 0.0309. The number of hydrogen-bond donors (Lipinski definition) is 2. The van der Waals surface area contributed by atoms with Gasteiger partial charge in [-0.1, -0.05) is 5.92 Å². The molecule has 0 aliphatic carbocycles. The van der Waals surface area contributed by atoms with Gasteiger partial charge in [-0.3, -0.25) is 5.32 Å². The second-order valence-electron chi connectivity index (χ2n) is 5.45. The fraction of sp³-hybridized carbons (Fsp3) is 0.529. The Labute approximate surface area is 126 Å². The molecule has 0 amide bonds. The molecular formula is C17H23FN2O. The lowest BCUT2D eigenvalue weighted by Gasteiger charge is -2.34. The maximum atomic E-state index is 13.6. The van der Waals surface area contributed by atoms with E-state index in [-0.39, 0.29) is 18.0 Å². The number of hydrogen-bond acceptors (Lipinski definition) is 3. The second kappa shape index (κ2) is 7.44. The highest BCUT2D eigenvalue weighted by atomic mass is 19.1. The van der Waals surface area contributed by atoms with Crippen molar-refractivity contribution in [3.8, 4) is 11.8 Å². The lowest BCUT2D eigenvalue weighted by molar-refractivity contribution is 0.145. The molecule has 3 nitrogen and oxygen atoms in total. The van der Waals surface area contributed by atoms with Crippen LogP contribution in [0.25, 0.3) is 0 Å². The molecule has 1 fully saturated rings. The van der Waals surface area contributed by atoms with Gasteiger partial charge in [0, 0.05) is 24.8 Å². The highest BCUT2D eigenvalue weighted by Gasteiger charge is 2.21. The summed E-state index contributed by atoms with van der Waals surface area (Å²) < 4.78 is 13.6. The van der Waals surface area contributed by atoms with Crippen LogP contribution in [0, 0.1) is 17.7 Å². The molecule has 0 saturated carbocycles. The Morgan fingerprint density at radius 3 is 2.81 bits per heavy atom. The Hall–Kier alpha value is -1.57. The number of nitrogens with zero attached hydrogens (tertiary/aromatic N) is 1. The number of nitrogens with one attached hydrogen (secondary N) is 1. The molecule has 1 aromatic carbocycles. The van der Waals surface area contributed by atoms with Crippen molar-refractivity contribution < 1.29 is 9.50 Å². The van der Waals surface area contributed by atoms with E-state index in [9.17, 15) is 9.50 Å². The van der Waals surface area contributed by atoms with E-state index in [0.717, 1.165) is 37.2 Å². The first-order chi connectivity index (χ1) is 10.1. The summed E-state index contributed by atoms with van der Waals surface area (Å²) in [5, 5.41) is 12.9. The number of aliphatic hydroxyl groups is 1. The van der Waals surface area contributed by atoms with Crippen molar-refractivity contribution in [1.29, 1.82) is 0 Å². The third kappa shape index (κ3) is 4.20. The molecule has 2 rings (SSSR count). The normalized spacial score (nSPS) is 17.2. The van der Waals surface area contributed by atoms with Crippen LogP contribution in [0.2, 0.25) is 0 Å². The monoisotopic (exact) mass is 290 g/mol. The summed E-state index contributed by atoms with van der Waals surface area (Å²) in [4.78, 5) is 2.23. The minimum Gasteiger partial charge on any atom is -0.393 e. The Bertz CT molecular complexity index is 527. The van der Waals surface area contributed by atoms with E-state index in [0.29, 0.717) is 6.54 Å². The van der Waals surface area contributed by atoms with Crippen LogP contribution in [0.5, 0.6) is 0 Å². The lowest BCUT2D eigenvalue weighted by atomic mass is 10.0. The molecule has 21 heavy (non-hydrogen) atoms. The van der Waals surface area contributed by atoms with E-state index in [1.165, 1.54) is 6.07 Å². The van der Waals surface area contributed by atoms with E-state index < -0.39 is 0 Å². The van der Waals surface area contributed by atoms with Gasteiger partial charge in [0.15, 0.2) is 0 Å². The Balaban J connectivity index is 2.18. The van der Waals surface area contributed by atoms with E-state index in [1.54, 1.807) is 13.0 Å². The minimum atomic E-state index is -0.221. The van der Waals surface area contributed by atoms with E-state index in [2.05, 4.69) is 22.1 Å². The molecular weight excluding hydrogens is 267 g/mol. The van der Waals surface area contributed by atoms with Crippen molar-refractivity contribution in [2.45, 2.75) is 38.8 Å². The van der Waals surface area contributed by atoms with Gasteiger partial charge in [-0.05, 0) is 50.5 Å². The van der Waals surface area contributed by atoms with Gasteiger partial charge >= 0.3 is 0 Å². The van der Waals surface area contributed by atoms with E-state index in [4.69, 9.17) is 0 Å². The third-order valence-corrected chi connectivity index (χ3v) is 3.93. The topological polar surface area (TPSA) is 35.5 Å². The van der Waals surface area contributed by atoms with Crippen molar-refractivity contribution in [2.75, 3.05) is 24.5 Å². The fourth-order valence-electron chi connectivity index (χ4n) is 2.67. The largest absolute Gasteiger partial charge is 0.393 e. The van der Waals surface area contributed by atoms with Crippen molar-refractivity contribution in [1.82, 2.24) is 5.32 Å². The Kier molecular flexibility index (Phi) is 5.60. The van der Waals surface area contributed by atoms with Gasteiger partial charge in [0.2, 0.25) is 0 Å². The van der Waals surface area contributed by atoms with Crippen LogP contribution in [-0.4, -0.2) is 30.8 Å². The number of benzene rings is 1. The van der Waals surface area contributed by atoms with E-state index in [1.807, 2.05) is 13.0 Å². The van der Waals surface area contributed by atoms with Crippen LogP contribution in [-0.2, 0) is 0 Å². The molecule has 0 spiro atoms. The molecule has 0 bridgehead atoms. The Morgan fingerprint density at radius 2 is 2.14 bits per heavy atom. The molecule has 1 atom stereocenters. The molecule has 1 saturated heterocycles. The molecule has 114 valence electrons. The highest BCUT2D eigenvalue weighted by Crippen LogP contribution is 2.29. The maximum Gasteiger partial charge on any atom is 0.123 e. The van der Waals surface area contributed by atoms with Crippen molar-refractivity contribution in [3.63, 3.8) is 0 Å². The number of aliphatic hydroxyl groups excluding tert-OH is 1. The molecule has 0 aromatic heterocycles. The summed E-state index contributed by atoms with van der Waals surface area (Å²) >= 11 is 0. The predicted octanol–water partition coefficient (Wildman–Crippen LogP) is 2.46. The van der Waals surface area contributed by atoms with Gasteiger partial charge in [-0.2, -0.15) is 0 Å². The molecule has 1 heterocycles. The molecule has 0 radical (unpaired) electrons. The first-order valence-corrected chi connectivity index (χ1v) is 7.47. The lowest BCUT2D eigenvalue weighted by Crippen LogP contribution is -2.37. The van der Waals surface area contributed by atoms with Crippen LogP contribution >= 0.6 is 0 Å². The summed E-state index contributed by atoms with van der Waals surface area (Å²) in [6.45, 7) is 6.03. The summed E-state index contributed by atoms with van der Waals surface area (Å²) in [6.07, 6.45) is 1.32. The van der Waals surface area contributed by atoms with Gasteiger partial charge in [-0.25, -0.2) is 4.39 Å². The summed E-state index contributed by atoms with van der Waals surface area (Å²) in [5.74, 6) is 5.59. The first kappa shape index (κ1) is 15.8.